The van der Waals surface area contributed by atoms with Gasteiger partial charge in [-0.25, -0.2) is 9.98 Å². The predicted molar refractivity (Wildman–Crippen MR) is 58.9 cm³/mol. The smallest absolute Gasteiger partial charge is 0.172 e. The highest BCUT2D eigenvalue weighted by molar-refractivity contribution is 5.98. The first-order chi connectivity index (χ1) is 7.36. The molecular formula is C11H10N4. The van der Waals surface area contributed by atoms with Gasteiger partial charge in [-0.15, -0.1) is 0 Å². The lowest BCUT2D eigenvalue weighted by atomic mass is 10.2. The van der Waals surface area contributed by atoms with Crippen LogP contribution < -0.4 is 5.73 Å². The number of hydrogen-bond acceptors (Lipinski definition) is 3. The lowest BCUT2D eigenvalue weighted by molar-refractivity contribution is 1.17. The van der Waals surface area contributed by atoms with E-state index in [4.69, 9.17) is 5.73 Å². The van der Waals surface area contributed by atoms with Gasteiger partial charge in [0.1, 0.15) is 5.84 Å². The molecule has 0 amide bonds. The van der Waals surface area contributed by atoms with Crippen molar-refractivity contribution in [1.82, 2.24) is 9.97 Å². The second-order valence-electron chi connectivity index (χ2n) is 2.93. The lowest BCUT2D eigenvalue weighted by Crippen LogP contribution is -2.12. The molecule has 0 atom stereocenters. The summed E-state index contributed by atoms with van der Waals surface area (Å²) in [6.45, 7) is 0. The number of aliphatic imine (C=N–C) groups is 1. The number of amidine groups is 1. The van der Waals surface area contributed by atoms with E-state index in [-0.39, 0.29) is 0 Å². The maximum atomic E-state index is 5.81. The summed E-state index contributed by atoms with van der Waals surface area (Å²) in [5, 5.41) is 0. The first kappa shape index (κ1) is 9.33. The van der Waals surface area contributed by atoms with Crippen LogP contribution in [0.2, 0.25) is 0 Å². The largest absolute Gasteiger partial charge is 0.383 e. The van der Waals surface area contributed by atoms with E-state index >= 15 is 0 Å². The van der Waals surface area contributed by atoms with Crippen LogP contribution in [0.1, 0.15) is 5.56 Å². The second kappa shape index (κ2) is 4.32. The molecule has 0 fully saturated rings. The van der Waals surface area contributed by atoms with Crippen molar-refractivity contribution in [3.63, 3.8) is 0 Å². The van der Waals surface area contributed by atoms with E-state index in [0.717, 1.165) is 5.56 Å². The summed E-state index contributed by atoms with van der Waals surface area (Å²) in [7, 11) is 0. The summed E-state index contributed by atoms with van der Waals surface area (Å²) >= 11 is 0. The third kappa shape index (κ3) is 2.37. The van der Waals surface area contributed by atoms with Crippen LogP contribution in [0, 0.1) is 0 Å². The average Bonchev–Trinajstić information content (AvgIpc) is 2.31. The molecule has 1 aromatic heterocycles. The van der Waals surface area contributed by atoms with Crippen molar-refractivity contribution in [3.8, 4) is 0 Å². The first-order valence-corrected chi connectivity index (χ1v) is 4.52. The van der Waals surface area contributed by atoms with Crippen molar-refractivity contribution >= 4 is 11.7 Å². The zero-order valence-electron chi connectivity index (χ0n) is 8.04. The molecule has 74 valence electrons. The molecule has 0 spiro atoms. The summed E-state index contributed by atoms with van der Waals surface area (Å²) < 4.78 is 0. The highest BCUT2D eigenvalue weighted by Gasteiger charge is 1.97. The average molecular weight is 198 g/mol. The summed E-state index contributed by atoms with van der Waals surface area (Å²) in [5.41, 5.74) is 6.69. The Kier molecular flexibility index (Phi) is 2.69. The zero-order valence-corrected chi connectivity index (χ0v) is 8.04. The quantitative estimate of drug-likeness (QED) is 0.587. The molecule has 2 N–H and O–H groups in total. The molecule has 15 heavy (non-hydrogen) atoms. The number of rotatable bonds is 2. The lowest BCUT2D eigenvalue weighted by Gasteiger charge is -1.99. The molecule has 2 aromatic rings. The van der Waals surface area contributed by atoms with Gasteiger partial charge in [0.25, 0.3) is 0 Å². The Morgan fingerprint density at radius 3 is 2.60 bits per heavy atom. The molecule has 0 unspecified atom stereocenters. The van der Waals surface area contributed by atoms with Crippen LogP contribution in [0.3, 0.4) is 0 Å². The Labute approximate surface area is 87.5 Å². The highest BCUT2D eigenvalue weighted by Crippen LogP contribution is 2.06. The van der Waals surface area contributed by atoms with Gasteiger partial charge in [-0.2, -0.15) is 0 Å². The molecule has 0 aliphatic heterocycles. The Balaban J connectivity index is 2.29. The number of nitrogens with two attached hydrogens (primary N) is 1. The molecule has 0 bridgehead atoms. The van der Waals surface area contributed by atoms with Crippen molar-refractivity contribution in [3.05, 3.63) is 54.5 Å². The predicted octanol–water partition coefficient (Wildman–Crippen LogP) is 1.51. The van der Waals surface area contributed by atoms with E-state index in [2.05, 4.69) is 15.0 Å². The van der Waals surface area contributed by atoms with E-state index in [1.165, 1.54) is 0 Å². The minimum atomic E-state index is 0.441. The van der Waals surface area contributed by atoms with E-state index in [1.807, 2.05) is 30.3 Å². The van der Waals surface area contributed by atoms with Gasteiger partial charge in [0, 0.05) is 18.0 Å². The Morgan fingerprint density at radius 2 is 1.93 bits per heavy atom. The number of benzene rings is 1. The van der Waals surface area contributed by atoms with Gasteiger partial charge in [0.15, 0.2) is 5.82 Å². The van der Waals surface area contributed by atoms with E-state index in [1.54, 1.807) is 18.6 Å². The van der Waals surface area contributed by atoms with Gasteiger partial charge in [-0.05, 0) is 0 Å². The zero-order chi connectivity index (χ0) is 10.5. The fraction of sp³-hybridized carbons (Fsp3) is 0. The molecule has 1 heterocycles. The summed E-state index contributed by atoms with van der Waals surface area (Å²) in [4.78, 5) is 12.1. The van der Waals surface area contributed by atoms with E-state index in [0.29, 0.717) is 11.7 Å². The van der Waals surface area contributed by atoms with Crippen molar-refractivity contribution < 1.29 is 0 Å². The van der Waals surface area contributed by atoms with E-state index in [9.17, 15) is 0 Å². The molecular weight excluding hydrogens is 188 g/mol. The molecule has 2 rings (SSSR count). The maximum absolute atomic E-state index is 5.81. The fourth-order valence-corrected chi connectivity index (χ4v) is 1.15. The molecule has 0 aliphatic rings. The molecule has 4 heteroatoms. The van der Waals surface area contributed by atoms with Gasteiger partial charge in [-0.1, -0.05) is 30.3 Å². The fourth-order valence-electron chi connectivity index (χ4n) is 1.15. The second-order valence-corrected chi connectivity index (χ2v) is 2.93. The third-order valence-electron chi connectivity index (χ3n) is 1.85. The van der Waals surface area contributed by atoms with Crippen LogP contribution in [0.4, 0.5) is 5.82 Å². The van der Waals surface area contributed by atoms with Gasteiger partial charge in [0.2, 0.25) is 0 Å². The minimum Gasteiger partial charge on any atom is -0.383 e. The molecule has 0 aliphatic carbocycles. The number of hydrogen-bond donors (Lipinski definition) is 1. The molecule has 1 aromatic carbocycles. The number of aromatic nitrogens is 2. The minimum absolute atomic E-state index is 0.441. The molecule has 0 saturated heterocycles. The maximum Gasteiger partial charge on any atom is 0.172 e. The molecule has 4 nitrogen and oxygen atoms in total. The molecule has 0 saturated carbocycles. The van der Waals surface area contributed by atoms with Crippen LogP contribution in [0.15, 0.2) is 53.9 Å². The van der Waals surface area contributed by atoms with Crippen LogP contribution in [0.5, 0.6) is 0 Å². The Bertz CT molecular complexity index is 451. The summed E-state index contributed by atoms with van der Waals surface area (Å²) in [6, 6.07) is 9.55. The van der Waals surface area contributed by atoms with Crippen LogP contribution in [-0.4, -0.2) is 15.8 Å². The van der Waals surface area contributed by atoms with Crippen molar-refractivity contribution in [1.29, 1.82) is 0 Å². The highest BCUT2D eigenvalue weighted by atomic mass is 15.0. The Morgan fingerprint density at radius 1 is 1.13 bits per heavy atom. The third-order valence-corrected chi connectivity index (χ3v) is 1.85. The SMILES string of the molecule is NC(=Nc1cnccn1)c1ccccc1. The first-order valence-electron chi connectivity index (χ1n) is 4.52. The topological polar surface area (TPSA) is 64.2 Å². The van der Waals surface area contributed by atoms with Crippen LogP contribution in [-0.2, 0) is 0 Å². The summed E-state index contributed by atoms with van der Waals surface area (Å²) in [5.74, 6) is 0.954. The number of nitrogens with zero attached hydrogens (tertiary/aromatic N) is 3. The normalized spacial score (nSPS) is 11.3. The molecule has 0 radical (unpaired) electrons. The van der Waals surface area contributed by atoms with Gasteiger partial charge < -0.3 is 5.73 Å². The van der Waals surface area contributed by atoms with Crippen molar-refractivity contribution in [2.45, 2.75) is 0 Å². The van der Waals surface area contributed by atoms with Crippen molar-refractivity contribution in [2.24, 2.45) is 10.7 Å². The van der Waals surface area contributed by atoms with Gasteiger partial charge in [-0.3, -0.25) is 4.98 Å². The monoisotopic (exact) mass is 198 g/mol. The summed E-state index contributed by atoms with van der Waals surface area (Å²) in [6.07, 6.45) is 4.74. The van der Waals surface area contributed by atoms with Crippen LogP contribution >= 0.6 is 0 Å². The Hall–Kier alpha value is -2.23. The van der Waals surface area contributed by atoms with E-state index < -0.39 is 0 Å². The van der Waals surface area contributed by atoms with Crippen LogP contribution in [0.25, 0.3) is 0 Å². The van der Waals surface area contributed by atoms with Crippen molar-refractivity contribution in [2.75, 3.05) is 0 Å². The standard InChI is InChI=1S/C11H10N4/c12-11(9-4-2-1-3-5-9)15-10-8-13-6-7-14-10/h1-8H,(H2,12,14,15). The van der Waals surface area contributed by atoms with Gasteiger partial charge in [0.05, 0.1) is 6.20 Å². The van der Waals surface area contributed by atoms with Gasteiger partial charge >= 0.3 is 0 Å².